The van der Waals surface area contributed by atoms with Crippen LogP contribution in [0.4, 0.5) is 0 Å². The van der Waals surface area contributed by atoms with Crippen LogP contribution in [0, 0.1) is 12.8 Å². The van der Waals surface area contributed by atoms with Crippen LogP contribution < -0.4 is 15.6 Å². The molecular formula is C21H26N4O4. The standard InChI is InChI=1S/C21H26N4O4/c1-12(2)11-28-17-8-19(27)25(24-20(17)13(3)4)10-18(26)23-16-6-15(7-16)21-22-9-14(5)29-21/h8-9,12-13H,6,10-11H2,1-5H3,(H,23,26). The van der Waals surface area contributed by atoms with Crippen LogP contribution in [0.25, 0.3) is 5.57 Å². The second kappa shape index (κ2) is 8.49. The Morgan fingerprint density at radius 1 is 1.38 bits per heavy atom. The first kappa shape index (κ1) is 20.6. The predicted octanol–water partition coefficient (Wildman–Crippen LogP) is 2.78. The Bertz CT molecular complexity index is 1040. The molecule has 0 spiro atoms. The SMILES string of the molecule is Cc1cnc(C2=C=C(NC(=O)Cn3nc(C(C)C)c(OCC(C)C)cc3=O)C2)o1. The van der Waals surface area contributed by atoms with E-state index < -0.39 is 0 Å². The molecule has 0 bridgehead atoms. The molecule has 1 N–H and O–H groups in total. The number of nitrogens with zero attached hydrogens (tertiary/aromatic N) is 3. The molecule has 154 valence electrons. The van der Waals surface area contributed by atoms with Gasteiger partial charge in [0, 0.05) is 18.4 Å². The van der Waals surface area contributed by atoms with Crippen LogP contribution in [0.2, 0.25) is 0 Å². The number of oxazole rings is 1. The van der Waals surface area contributed by atoms with E-state index in [2.05, 4.69) is 21.1 Å². The van der Waals surface area contributed by atoms with Crippen LogP contribution in [0.3, 0.4) is 0 Å². The van der Waals surface area contributed by atoms with Crippen molar-refractivity contribution >= 4 is 11.5 Å². The third-order valence-electron chi connectivity index (χ3n) is 4.23. The highest BCUT2D eigenvalue weighted by molar-refractivity contribution is 5.80. The van der Waals surface area contributed by atoms with Crippen molar-refractivity contribution in [1.82, 2.24) is 20.1 Å². The number of hydrogen-bond donors (Lipinski definition) is 1. The zero-order valence-corrected chi connectivity index (χ0v) is 17.4. The minimum atomic E-state index is -0.377. The lowest BCUT2D eigenvalue weighted by Crippen LogP contribution is -2.34. The molecule has 1 aliphatic carbocycles. The van der Waals surface area contributed by atoms with Crippen LogP contribution in [0.15, 0.2) is 32.9 Å². The molecule has 2 heterocycles. The van der Waals surface area contributed by atoms with Gasteiger partial charge in [-0.15, -0.1) is 0 Å². The number of ether oxygens (including phenoxy) is 1. The van der Waals surface area contributed by atoms with Crippen LogP contribution >= 0.6 is 0 Å². The number of carbonyl (C=O) groups is 1. The fraction of sp³-hybridized carbons (Fsp3) is 0.476. The first-order chi connectivity index (χ1) is 13.7. The summed E-state index contributed by atoms with van der Waals surface area (Å²) in [7, 11) is 0. The molecule has 0 saturated carbocycles. The average molecular weight is 398 g/mol. The van der Waals surface area contributed by atoms with Crippen LogP contribution in [0.1, 0.15) is 57.4 Å². The van der Waals surface area contributed by atoms with Crippen molar-refractivity contribution in [2.75, 3.05) is 6.61 Å². The summed E-state index contributed by atoms with van der Waals surface area (Å²) in [6, 6.07) is 1.41. The van der Waals surface area contributed by atoms with E-state index in [1.54, 1.807) is 6.20 Å². The maximum absolute atomic E-state index is 12.4. The van der Waals surface area contributed by atoms with Crippen molar-refractivity contribution in [1.29, 1.82) is 0 Å². The molecule has 3 rings (SSSR count). The van der Waals surface area contributed by atoms with Gasteiger partial charge in [0.1, 0.15) is 23.7 Å². The summed E-state index contributed by atoms with van der Waals surface area (Å²) in [6.07, 6.45) is 2.15. The average Bonchev–Trinajstić information content (AvgIpc) is 3.03. The first-order valence-corrected chi connectivity index (χ1v) is 9.69. The van der Waals surface area contributed by atoms with Crippen LogP contribution in [-0.2, 0) is 11.3 Å². The Kier molecular flexibility index (Phi) is 6.03. The summed E-state index contributed by atoms with van der Waals surface area (Å²) in [4.78, 5) is 28.9. The second-order valence-corrected chi connectivity index (χ2v) is 7.83. The van der Waals surface area contributed by atoms with Gasteiger partial charge in [0.25, 0.3) is 5.56 Å². The van der Waals surface area contributed by atoms with E-state index in [0.29, 0.717) is 42.0 Å². The Balaban J connectivity index is 1.71. The molecule has 0 aliphatic heterocycles. The Morgan fingerprint density at radius 3 is 2.69 bits per heavy atom. The zero-order chi connectivity index (χ0) is 21.1. The lowest BCUT2D eigenvalue weighted by atomic mass is 10.0. The van der Waals surface area contributed by atoms with Crippen LogP contribution in [-0.4, -0.2) is 27.3 Å². The van der Waals surface area contributed by atoms with Crippen molar-refractivity contribution in [3.05, 3.63) is 51.4 Å². The molecule has 29 heavy (non-hydrogen) atoms. The fourth-order valence-corrected chi connectivity index (χ4v) is 2.76. The fourth-order valence-electron chi connectivity index (χ4n) is 2.76. The molecule has 2 aromatic heterocycles. The van der Waals surface area contributed by atoms with Gasteiger partial charge in [-0.25, -0.2) is 9.67 Å². The normalized spacial score (nSPS) is 13.2. The third kappa shape index (κ3) is 5.03. The van der Waals surface area contributed by atoms with Gasteiger partial charge in [0.15, 0.2) is 0 Å². The highest BCUT2D eigenvalue weighted by Crippen LogP contribution is 2.27. The number of amides is 1. The minimum Gasteiger partial charge on any atom is -0.491 e. The highest BCUT2D eigenvalue weighted by Gasteiger charge is 2.20. The summed E-state index contributed by atoms with van der Waals surface area (Å²) in [6.45, 7) is 10.1. The van der Waals surface area contributed by atoms with Gasteiger partial charge in [0.05, 0.1) is 24.1 Å². The van der Waals surface area contributed by atoms with Gasteiger partial charge in [-0.3, -0.25) is 9.59 Å². The van der Waals surface area contributed by atoms with Crippen molar-refractivity contribution < 1.29 is 13.9 Å². The monoisotopic (exact) mass is 398 g/mol. The molecule has 0 atom stereocenters. The number of carbonyl (C=O) groups excluding carboxylic acids is 1. The molecule has 1 amide bonds. The minimum absolute atomic E-state index is 0.0520. The van der Waals surface area contributed by atoms with E-state index in [4.69, 9.17) is 9.15 Å². The quantitative estimate of drug-likeness (QED) is 0.687. The van der Waals surface area contributed by atoms with E-state index in [1.807, 2.05) is 34.6 Å². The number of aromatic nitrogens is 3. The summed E-state index contributed by atoms with van der Waals surface area (Å²) >= 11 is 0. The number of hydrogen-bond acceptors (Lipinski definition) is 6. The topological polar surface area (TPSA) is 99.3 Å². The molecule has 0 unspecified atom stereocenters. The number of nitrogens with one attached hydrogen (secondary N) is 1. The highest BCUT2D eigenvalue weighted by atomic mass is 16.5. The predicted molar refractivity (Wildman–Crippen MR) is 107 cm³/mol. The lowest BCUT2D eigenvalue weighted by Gasteiger charge is -2.17. The zero-order valence-electron chi connectivity index (χ0n) is 17.4. The molecule has 8 heteroatoms. The van der Waals surface area contributed by atoms with Gasteiger partial charge in [-0.05, 0) is 12.8 Å². The summed E-state index contributed by atoms with van der Waals surface area (Å²) in [5.41, 5.74) is 4.74. The largest absolute Gasteiger partial charge is 0.491 e. The summed E-state index contributed by atoms with van der Waals surface area (Å²) in [5.74, 6) is 1.76. The smallest absolute Gasteiger partial charge is 0.270 e. The molecule has 0 aromatic carbocycles. The molecule has 0 fully saturated rings. The number of rotatable bonds is 8. The molecule has 0 radical (unpaired) electrons. The molecular weight excluding hydrogens is 372 g/mol. The lowest BCUT2D eigenvalue weighted by molar-refractivity contribution is -0.121. The summed E-state index contributed by atoms with van der Waals surface area (Å²) < 4.78 is 12.3. The Morgan fingerprint density at radius 2 is 2.10 bits per heavy atom. The third-order valence-corrected chi connectivity index (χ3v) is 4.23. The van der Waals surface area contributed by atoms with Crippen molar-refractivity contribution in [2.45, 2.75) is 53.5 Å². The van der Waals surface area contributed by atoms with E-state index in [9.17, 15) is 9.59 Å². The second-order valence-electron chi connectivity index (χ2n) is 7.83. The van der Waals surface area contributed by atoms with Crippen LogP contribution in [0.5, 0.6) is 5.75 Å². The van der Waals surface area contributed by atoms with E-state index in [1.165, 1.54) is 6.07 Å². The maximum Gasteiger partial charge on any atom is 0.270 e. The van der Waals surface area contributed by atoms with E-state index in [-0.39, 0.29) is 23.9 Å². The molecule has 0 saturated heterocycles. The molecule has 8 nitrogen and oxygen atoms in total. The molecule has 2 aromatic rings. The van der Waals surface area contributed by atoms with Gasteiger partial charge in [-0.2, -0.15) is 5.10 Å². The summed E-state index contributed by atoms with van der Waals surface area (Å²) in [5, 5.41) is 7.11. The van der Waals surface area contributed by atoms with Gasteiger partial charge < -0.3 is 14.5 Å². The maximum atomic E-state index is 12.4. The van der Waals surface area contributed by atoms with Crippen molar-refractivity contribution in [2.24, 2.45) is 5.92 Å². The van der Waals surface area contributed by atoms with Crippen molar-refractivity contribution in [3.63, 3.8) is 0 Å². The van der Waals surface area contributed by atoms with E-state index >= 15 is 0 Å². The first-order valence-electron chi connectivity index (χ1n) is 9.69. The Hall–Kier alpha value is -3.12. The van der Waals surface area contributed by atoms with Gasteiger partial charge in [-0.1, -0.05) is 33.4 Å². The van der Waals surface area contributed by atoms with Crippen molar-refractivity contribution in [3.8, 4) is 5.75 Å². The molecule has 1 aliphatic rings. The number of aryl methyl sites for hydroxylation is 1. The van der Waals surface area contributed by atoms with E-state index in [0.717, 1.165) is 16.0 Å². The Labute approximate surface area is 169 Å². The van der Waals surface area contributed by atoms with Gasteiger partial charge >= 0.3 is 0 Å². The van der Waals surface area contributed by atoms with Gasteiger partial charge in [0.2, 0.25) is 11.8 Å².